The van der Waals surface area contributed by atoms with Crippen molar-refractivity contribution in [2.75, 3.05) is 11.9 Å². The van der Waals surface area contributed by atoms with E-state index >= 15 is 0 Å². The van der Waals surface area contributed by atoms with Gasteiger partial charge in [0, 0.05) is 12.6 Å². The van der Waals surface area contributed by atoms with Crippen LogP contribution < -0.4 is 5.32 Å². The number of nitrogens with zero attached hydrogens (tertiary/aromatic N) is 1. The van der Waals surface area contributed by atoms with Gasteiger partial charge < -0.3 is 5.32 Å². The Kier molecular flexibility index (Phi) is 3.76. The molecule has 1 N–H and O–H groups in total. The highest BCUT2D eigenvalue weighted by atomic mass is 35.5. The van der Waals surface area contributed by atoms with Gasteiger partial charge in [-0.3, -0.25) is 10.1 Å². The average Bonchev–Trinajstić information content (AvgIpc) is 3.08. The van der Waals surface area contributed by atoms with Gasteiger partial charge in [-0.2, -0.15) is 0 Å². The summed E-state index contributed by atoms with van der Waals surface area (Å²) in [6.07, 6.45) is 4.71. The van der Waals surface area contributed by atoms with E-state index in [1.807, 2.05) is 0 Å². The highest BCUT2D eigenvalue weighted by Gasteiger charge is 2.41. The third-order valence-corrected chi connectivity index (χ3v) is 3.88. The van der Waals surface area contributed by atoms with Crippen molar-refractivity contribution in [2.24, 2.45) is 5.41 Å². The van der Waals surface area contributed by atoms with Crippen LogP contribution in [0, 0.1) is 15.5 Å². The summed E-state index contributed by atoms with van der Waals surface area (Å²) >= 11 is 6.03. The van der Waals surface area contributed by atoms with Gasteiger partial charge in [0.1, 0.15) is 5.69 Å². The van der Waals surface area contributed by atoms with Gasteiger partial charge in [-0.1, -0.05) is 31.0 Å². The Bertz CT molecular complexity index is 458. The minimum atomic E-state index is -0.395. The quantitative estimate of drug-likeness (QED) is 0.620. The standard InChI is InChI=1S/C13H17ClN2O2/c1-2-6-13(7-8-13)9-15-12-10(14)4-3-5-11(12)16(17)18/h3-5,15H,2,6-9H2,1H3. The van der Waals surface area contributed by atoms with E-state index in [9.17, 15) is 10.1 Å². The van der Waals surface area contributed by atoms with Crippen molar-refractivity contribution in [3.8, 4) is 0 Å². The molecule has 1 saturated carbocycles. The van der Waals surface area contributed by atoms with Crippen molar-refractivity contribution in [1.29, 1.82) is 0 Å². The molecule has 0 aromatic heterocycles. The van der Waals surface area contributed by atoms with Crippen molar-refractivity contribution in [1.82, 2.24) is 0 Å². The second-order valence-corrected chi connectivity index (χ2v) is 5.40. The number of benzene rings is 1. The van der Waals surface area contributed by atoms with Gasteiger partial charge in [0.15, 0.2) is 0 Å². The summed E-state index contributed by atoms with van der Waals surface area (Å²) in [7, 11) is 0. The van der Waals surface area contributed by atoms with Gasteiger partial charge in [-0.15, -0.1) is 0 Å². The fourth-order valence-corrected chi connectivity index (χ4v) is 2.57. The second kappa shape index (κ2) is 5.14. The van der Waals surface area contributed by atoms with Crippen LogP contribution in [0.5, 0.6) is 0 Å². The number of nitrogens with one attached hydrogen (secondary N) is 1. The molecule has 0 bridgehead atoms. The largest absolute Gasteiger partial charge is 0.378 e. The Morgan fingerprint density at radius 1 is 1.50 bits per heavy atom. The first-order valence-electron chi connectivity index (χ1n) is 6.25. The molecule has 0 amide bonds. The lowest BCUT2D eigenvalue weighted by Crippen LogP contribution is -2.16. The SMILES string of the molecule is CCCC1(CNc2c(Cl)cccc2[N+](=O)[O-])CC1. The zero-order chi connectivity index (χ0) is 13.2. The molecule has 0 aliphatic heterocycles. The molecule has 0 radical (unpaired) electrons. The molecule has 98 valence electrons. The van der Waals surface area contributed by atoms with E-state index in [4.69, 9.17) is 11.6 Å². The van der Waals surface area contributed by atoms with Gasteiger partial charge in [0.2, 0.25) is 0 Å². The first kappa shape index (κ1) is 13.1. The third kappa shape index (κ3) is 2.75. The molecule has 2 rings (SSSR count). The van der Waals surface area contributed by atoms with Crippen molar-refractivity contribution in [3.63, 3.8) is 0 Å². The zero-order valence-corrected chi connectivity index (χ0v) is 11.2. The molecule has 5 heteroatoms. The molecule has 1 aromatic rings. The molecule has 0 unspecified atom stereocenters. The van der Waals surface area contributed by atoms with Crippen LogP contribution in [0.15, 0.2) is 18.2 Å². The Morgan fingerprint density at radius 3 is 2.78 bits per heavy atom. The summed E-state index contributed by atoms with van der Waals surface area (Å²) in [6, 6.07) is 4.76. The summed E-state index contributed by atoms with van der Waals surface area (Å²) in [6.45, 7) is 2.93. The lowest BCUT2D eigenvalue weighted by molar-refractivity contribution is -0.383. The number of anilines is 1. The third-order valence-electron chi connectivity index (χ3n) is 3.57. The van der Waals surface area contributed by atoms with Crippen molar-refractivity contribution in [2.45, 2.75) is 32.6 Å². The van der Waals surface area contributed by atoms with Gasteiger partial charge in [-0.25, -0.2) is 0 Å². The van der Waals surface area contributed by atoms with Crippen LogP contribution in [0.3, 0.4) is 0 Å². The minimum Gasteiger partial charge on any atom is -0.378 e. The fraction of sp³-hybridized carbons (Fsp3) is 0.538. The predicted molar refractivity (Wildman–Crippen MR) is 73.2 cm³/mol. The van der Waals surface area contributed by atoms with E-state index < -0.39 is 4.92 Å². The van der Waals surface area contributed by atoms with E-state index in [2.05, 4.69) is 12.2 Å². The van der Waals surface area contributed by atoms with Crippen LogP contribution in [0.2, 0.25) is 5.02 Å². The molecule has 0 spiro atoms. The maximum absolute atomic E-state index is 10.9. The highest BCUT2D eigenvalue weighted by molar-refractivity contribution is 6.33. The Hall–Kier alpha value is -1.29. The van der Waals surface area contributed by atoms with E-state index in [0.29, 0.717) is 16.1 Å². The second-order valence-electron chi connectivity index (χ2n) is 4.99. The molecule has 1 aliphatic rings. The smallest absolute Gasteiger partial charge is 0.293 e. The number of nitro groups is 1. The van der Waals surface area contributed by atoms with E-state index in [-0.39, 0.29) is 5.69 Å². The van der Waals surface area contributed by atoms with E-state index in [0.717, 1.165) is 19.4 Å². The maximum Gasteiger partial charge on any atom is 0.293 e. The lowest BCUT2D eigenvalue weighted by Gasteiger charge is -2.16. The van der Waals surface area contributed by atoms with Gasteiger partial charge in [-0.05, 0) is 30.7 Å². The van der Waals surface area contributed by atoms with Crippen LogP contribution in [0.1, 0.15) is 32.6 Å². The normalized spacial score (nSPS) is 16.3. The van der Waals surface area contributed by atoms with Crippen LogP contribution in [-0.4, -0.2) is 11.5 Å². The molecule has 18 heavy (non-hydrogen) atoms. The summed E-state index contributed by atoms with van der Waals surface area (Å²) in [4.78, 5) is 10.6. The van der Waals surface area contributed by atoms with Gasteiger partial charge >= 0.3 is 0 Å². The number of hydrogen-bond acceptors (Lipinski definition) is 3. The number of halogens is 1. The summed E-state index contributed by atoms with van der Waals surface area (Å²) < 4.78 is 0. The van der Waals surface area contributed by atoms with E-state index in [1.165, 1.54) is 18.9 Å². The first-order chi connectivity index (χ1) is 8.58. The number of nitro benzene ring substituents is 1. The van der Waals surface area contributed by atoms with Crippen molar-refractivity contribution >= 4 is 23.0 Å². The van der Waals surface area contributed by atoms with Crippen LogP contribution >= 0.6 is 11.6 Å². The molecule has 0 saturated heterocycles. The van der Waals surface area contributed by atoms with Crippen molar-refractivity contribution in [3.05, 3.63) is 33.3 Å². The molecule has 1 aliphatic carbocycles. The first-order valence-corrected chi connectivity index (χ1v) is 6.62. The van der Waals surface area contributed by atoms with Crippen LogP contribution in [0.4, 0.5) is 11.4 Å². The Balaban J connectivity index is 2.11. The number of rotatable bonds is 6. The minimum absolute atomic E-state index is 0.0507. The molecule has 1 aromatic carbocycles. The fourth-order valence-electron chi connectivity index (χ4n) is 2.34. The molecule has 0 atom stereocenters. The van der Waals surface area contributed by atoms with Gasteiger partial charge in [0.25, 0.3) is 5.69 Å². The topological polar surface area (TPSA) is 55.2 Å². The molecule has 4 nitrogen and oxygen atoms in total. The molecular weight excluding hydrogens is 252 g/mol. The monoisotopic (exact) mass is 268 g/mol. The summed E-state index contributed by atoms with van der Waals surface area (Å²) in [5.74, 6) is 0. The summed E-state index contributed by atoms with van der Waals surface area (Å²) in [5, 5.41) is 14.5. The molecule has 0 heterocycles. The maximum atomic E-state index is 10.9. The number of hydrogen-bond donors (Lipinski definition) is 1. The van der Waals surface area contributed by atoms with Crippen LogP contribution in [0.25, 0.3) is 0 Å². The Labute approximate surface area is 111 Å². The average molecular weight is 269 g/mol. The zero-order valence-electron chi connectivity index (χ0n) is 10.4. The molecular formula is C13H17ClN2O2. The van der Waals surface area contributed by atoms with Gasteiger partial charge in [0.05, 0.1) is 9.95 Å². The van der Waals surface area contributed by atoms with Crippen molar-refractivity contribution < 1.29 is 4.92 Å². The lowest BCUT2D eigenvalue weighted by atomic mass is 10.0. The van der Waals surface area contributed by atoms with Crippen LogP contribution in [-0.2, 0) is 0 Å². The summed E-state index contributed by atoms with van der Waals surface area (Å²) in [5.41, 5.74) is 0.836. The predicted octanol–water partition coefficient (Wildman–Crippen LogP) is 4.24. The van der Waals surface area contributed by atoms with E-state index in [1.54, 1.807) is 12.1 Å². The Morgan fingerprint density at radius 2 is 2.22 bits per heavy atom. The molecule has 1 fully saturated rings. The number of para-hydroxylation sites is 1. The highest BCUT2D eigenvalue weighted by Crippen LogP contribution is 2.50.